The van der Waals surface area contributed by atoms with E-state index >= 15 is 0 Å². The summed E-state index contributed by atoms with van der Waals surface area (Å²) in [5, 5.41) is 0. The normalized spacial score (nSPS) is 37.0. The van der Waals surface area contributed by atoms with Gasteiger partial charge in [-0.1, -0.05) is 6.08 Å². The second-order valence-electron chi connectivity index (χ2n) is 3.17. The molecule has 0 saturated carbocycles. The molecule has 0 amide bonds. The van der Waals surface area contributed by atoms with E-state index in [9.17, 15) is 0 Å². The fourth-order valence-corrected chi connectivity index (χ4v) is 2.08. The van der Waals surface area contributed by atoms with Crippen molar-refractivity contribution in [3.05, 3.63) is 11.8 Å². The van der Waals surface area contributed by atoms with Gasteiger partial charge in [0.15, 0.2) is 0 Å². The van der Waals surface area contributed by atoms with Gasteiger partial charge in [0.25, 0.3) is 0 Å². The maximum atomic E-state index is 5.96. The molecule has 1 saturated heterocycles. The van der Waals surface area contributed by atoms with Crippen molar-refractivity contribution < 1.29 is 0 Å². The number of allylic oxidation sites excluding steroid dienone is 2. The topological polar surface area (TPSA) is 29.3 Å². The molecule has 0 aromatic carbocycles. The van der Waals surface area contributed by atoms with Gasteiger partial charge in [-0.15, -0.1) is 0 Å². The maximum Gasteiger partial charge on any atom is 0.0802 e. The Hall–Kier alpha value is -0.500. The van der Waals surface area contributed by atoms with E-state index in [1.54, 1.807) is 0 Å². The van der Waals surface area contributed by atoms with Crippen molar-refractivity contribution in [3.63, 3.8) is 0 Å². The van der Waals surface area contributed by atoms with Crippen LogP contribution < -0.4 is 5.73 Å². The fraction of sp³-hybridized carbons (Fsp3) is 0.750. The summed E-state index contributed by atoms with van der Waals surface area (Å²) < 4.78 is 0. The standard InChI is InChI=1S/C8H14N2/c1-2-10-7-4-3-6(5-7)8(10)9/h4,6,8H,2-3,5,9H2,1H3. The minimum Gasteiger partial charge on any atom is -0.360 e. The van der Waals surface area contributed by atoms with Crippen molar-refractivity contribution in [2.45, 2.75) is 25.9 Å². The maximum absolute atomic E-state index is 5.96. The third-order valence-corrected chi connectivity index (χ3v) is 2.68. The van der Waals surface area contributed by atoms with Crippen molar-refractivity contribution in [3.8, 4) is 0 Å². The molecule has 2 rings (SSSR count). The van der Waals surface area contributed by atoms with Gasteiger partial charge in [-0.2, -0.15) is 0 Å². The lowest BCUT2D eigenvalue weighted by Gasteiger charge is -2.28. The first-order valence-corrected chi connectivity index (χ1v) is 4.04. The van der Waals surface area contributed by atoms with Crippen molar-refractivity contribution in [1.82, 2.24) is 4.90 Å². The third-order valence-electron chi connectivity index (χ3n) is 2.68. The summed E-state index contributed by atoms with van der Waals surface area (Å²) in [6.07, 6.45) is 5.10. The fourth-order valence-electron chi connectivity index (χ4n) is 2.08. The Kier molecular flexibility index (Phi) is 1.24. The first-order valence-electron chi connectivity index (χ1n) is 4.04. The van der Waals surface area contributed by atoms with Crippen molar-refractivity contribution in [1.29, 1.82) is 0 Å². The SMILES string of the molecule is CCN1C2=CCC(C2)C1N. The van der Waals surface area contributed by atoms with Crippen LogP contribution in [0.3, 0.4) is 0 Å². The summed E-state index contributed by atoms with van der Waals surface area (Å²) in [6.45, 7) is 3.24. The second kappa shape index (κ2) is 1.99. The first-order chi connectivity index (χ1) is 4.83. The Morgan fingerprint density at radius 3 is 3.00 bits per heavy atom. The van der Waals surface area contributed by atoms with Gasteiger partial charge in [0, 0.05) is 18.2 Å². The van der Waals surface area contributed by atoms with Gasteiger partial charge in [-0.25, -0.2) is 0 Å². The highest BCUT2D eigenvalue weighted by atomic mass is 15.3. The van der Waals surface area contributed by atoms with Crippen LogP contribution in [0.15, 0.2) is 11.8 Å². The summed E-state index contributed by atoms with van der Waals surface area (Å²) in [5.74, 6) is 0.731. The van der Waals surface area contributed by atoms with Crippen LogP contribution in [0.2, 0.25) is 0 Å². The molecule has 0 spiro atoms. The summed E-state index contributed by atoms with van der Waals surface area (Å²) in [6, 6.07) is 0. The van der Waals surface area contributed by atoms with Gasteiger partial charge in [0.05, 0.1) is 6.17 Å². The highest BCUT2D eigenvalue weighted by molar-refractivity contribution is 5.18. The minimum absolute atomic E-state index is 0.324. The predicted molar refractivity (Wildman–Crippen MR) is 41.2 cm³/mol. The molecule has 2 aliphatic rings. The minimum atomic E-state index is 0.324. The summed E-state index contributed by atoms with van der Waals surface area (Å²) >= 11 is 0. The quantitative estimate of drug-likeness (QED) is 0.583. The number of nitrogens with zero attached hydrogens (tertiary/aromatic N) is 1. The van der Waals surface area contributed by atoms with Crippen molar-refractivity contribution in [2.24, 2.45) is 11.7 Å². The highest BCUT2D eigenvalue weighted by Gasteiger charge is 2.36. The Bertz CT molecular complexity index is 174. The Morgan fingerprint density at radius 2 is 2.60 bits per heavy atom. The van der Waals surface area contributed by atoms with Gasteiger partial charge < -0.3 is 10.6 Å². The average Bonchev–Trinajstić information content (AvgIpc) is 2.46. The number of likely N-dealkylation sites (tertiary alicyclic amines) is 1. The van der Waals surface area contributed by atoms with Gasteiger partial charge in [-0.3, -0.25) is 0 Å². The van der Waals surface area contributed by atoms with Crippen LogP contribution in [0.1, 0.15) is 19.8 Å². The van der Waals surface area contributed by atoms with E-state index in [1.807, 2.05) is 0 Å². The van der Waals surface area contributed by atoms with E-state index in [1.165, 1.54) is 18.5 Å². The van der Waals surface area contributed by atoms with Crippen LogP contribution in [0.4, 0.5) is 0 Å². The van der Waals surface area contributed by atoms with Crippen LogP contribution in [-0.2, 0) is 0 Å². The summed E-state index contributed by atoms with van der Waals surface area (Å²) in [4.78, 5) is 2.31. The molecule has 2 nitrogen and oxygen atoms in total. The lowest BCUT2D eigenvalue weighted by atomic mass is 10.1. The molecule has 2 atom stereocenters. The molecule has 1 aliphatic carbocycles. The molecule has 2 unspecified atom stereocenters. The molecule has 1 fully saturated rings. The molecule has 0 aromatic heterocycles. The smallest absolute Gasteiger partial charge is 0.0802 e. The van der Waals surface area contributed by atoms with Crippen LogP contribution >= 0.6 is 0 Å². The molecule has 0 radical (unpaired) electrons. The van der Waals surface area contributed by atoms with Crippen LogP contribution in [-0.4, -0.2) is 17.6 Å². The lowest BCUT2D eigenvalue weighted by molar-refractivity contribution is 0.255. The van der Waals surface area contributed by atoms with E-state index in [4.69, 9.17) is 5.73 Å². The zero-order valence-corrected chi connectivity index (χ0v) is 6.38. The Balaban J connectivity index is 2.21. The number of fused-ring (bicyclic) bond motifs is 2. The van der Waals surface area contributed by atoms with E-state index in [0.29, 0.717) is 6.17 Å². The van der Waals surface area contributed by atoms with Crippen LogP contribution in [0.5, 0.6) is 0 Å². The van der Waals surface area contributed by atoms with Crippen molar-refractivity contribution >= 4 is 0 Å². The van der Waals surface area contributed by atoms with Gasteiger partial charge in [-0.05, 0) is 19.8 Å². The van der Waals surface area contributed by atoms with E-state index in [0.717, 1.165) is 12.5 Å². The Morgan fingerprint density at radius 1 is 1.80 bits per heavy atom. The summed E-state index contributed by atoms with van der Waals surface area (Å²) in [7, 11) is 0. The second-order valence-corrected chi connectivity index (χ2v) is 3.17. The van der Waals surface area contributed by atoms with Gasteiger partial charge in [0.1, 0.15) is 0 Å². The number of hydrogen-bond donors (Lipinski definition) is 1. The lowest BCUT2D eigenvalue weighted by Crippen LogP contribution is -2.41. The number of nitrogens with two attached hydrogens (primary N) is 1. The third kappa shape index (κ3) is 0.626. The van der Waals surface area contributed by atoms with E-state index < -0.39 is 0 Å². The highest BCUT2D eigenvalue weighted by Crippen LogP contribution is 2.38. The predicted octanol–water partition coefficient (Wildman–Crippen LogP) is 0.901. The van der Waals surface area contributed by atoms with Gasteiger partial charge >= 0.3 is 0 Å². The number of rotatable bonds is 1. The summed E-state index contributed by atoms with van der Waals surface area (Å²) in [5.41, 5.74) is 7.45. The molecular formula is C8H14N2. The Labute approximate surface area is 61.7 Å². The molecule has 56 valence electrons. The van der Waals surface area contributed by atoms with Crippen molar-refractivity contribution in [2.75, 3.05) is 6.54 Å². The molecule has 2 heteroatoms. The van der Waals surface area contributed by atoms with Crippen LogP contribution in [0, 0.1) is 5.92 Å². The van der Waals surface area contributed by atoms with Gasteiger partial charge in [0.2, 0.25) is 0 Å². The monoisotopic (exact) mass is 138 g/mol. The molecule has 0 aromatic rings. The molecule has 2 bridgehead atoms. The largest absolute Gasteiger partial charge is 0.360 e. The average molecular weight is 138 g/mol. The van der Waals surface area contributed by atoms with E-state index in [2.05, 4.69) is 17.9 Å². The first kappa shape index (κ1) is 6.23. The molecule has 10 heavy (non-hydrogen) atoms. The zero-order chi connectivity index (χ0) is 7.14. The van der Waals surface area contributed by atoms with Crippen LogP contribution in [0.25, 0.3) is 0 Å². The van der Waals surface area contributed by atoms with E-state index in [-0.39, 0.29) is 0 Å². The molecule has 1 aliphatic heterocycles. The number of hydrogen-bond acceptors (Lipinski definition) is 2. The zero-order valence-electron chi connectivity index (χ0n) is 6.38. The molecule has 1 heterocycles. The molecular weight excluding hydrogens is 124 g/mol. The molecule has 2 N–H and O–H groups in total.